The van der Waals surface area contributed by atoms with Gasteiger partial charge < -0.3 is 10.1 Å². The Bertz CT molecular complexity index is 712. The van der Waals surface area contributed by atoms with E-state index in [0.717, 1.165) is 50.6 Å². The Hall–Kier alpha value is -1.98. The van der Waals surface area contributed by atoms with E-state index in [-0.39, 0.29) is 0 Å². The number of methoxy groups -OCH3 is 1. The molecule has 4 rings (SSSR count). The van der Waals surface area contributed by atoms with E-state index in [1.807, 2.05) is 12.3 Å². The van der Waals surface area contributed by atoms with Crippen LogP contribution in [0.2, 0.25) is 0 Å². The third kappa shape index (κ3) is 3.28. The van der Waals surface area contributed by atoms with Crippen molar-refractivity contribution in [3.8, 4) is 5.75 Å². The van der Waals surface area contributed by atoms with E-state index < -0.39 is 0 Å². The van der Waals surface area contributed by atoms with Crippen LogP contribution in [-0.4, -0.2) is 35.1 Å². The molecule has 1 aromatic heterocycles. The highest BCUT2D eigenvalue weighted by molar-refractivity contribution is 5.29. The standard InChI is InChI=1S/C19H24N4O/c1-24-16-5-2-4-14(10-16)12-23-9-7-17-15(13-23)11-21-19(22-17)18-6-3-8-20-18/h2,4-5,10-11,18,20H,3,6-9,12-13H2,1H3/t18-/m0/s1. The average molecular weight is 324 g/mol. The maximum Gasteiger partial charge on any atom is 0.145 e. The van der Waals surface area contributed by atoms with Gasteiger partial charge in [-0.25, -0.2) is 9.97 Å². The van der Waals surface area contributed by atoms with E-state index >= 15 is 0 Å². The molecule has 0 saturated carbocycles. The van der Waals surface area contributed by atoms with Gasteiger partial charge >= 0.3 is 0 Å². The van der Waals surface area contributed by atoms with Crippen molar-refractivity contribution in [1.29, 1.82) is 0 Å². The molecule has 0 aliphatic carbocycles. The summed E-state index contributed by atoms with van der Waals surface area (Å²) in [7, 11) is 1.71. The molecule has 1 fully saturated rings. The summed E-state index contributed by atoms with van der Waals surface area (Å²) in [5.41, 5.74) is 3.78. The normalized spacial score (nSPS) is 20.8. The molecule has 1 aromatic carbocycles. The quantitative estimate of drug-likeness (QED) is 0.936. The summed E-state index contributed by atoms with van der Waals surface area (Å²) in [6, 6.07) is 8.66. The van der Waals surface area contributed by atoms with Crippen molar-refractivity contribution in [1.82, 2.24) is 20.2 Å². The van der Waals surface area contributed by atoms with Gasteiger partial charge in [-0.15, -0.1) is 0 Å². The molecule has 2 aromatic rings. The molecule has 2 aliphatic heterocycles. The van der Waals surface area contributed by atoms with Gasteiger partial charge in [0.2, 0.25) is 0 Å². The number of hydrogen-bond donors (Lipinski definition) is 1. The van der Waals surface area contributed by atoms with Crippen molar-refractivity contribution in [2.75, 3.05) is 20.2 Å². The average Bonchev–Trinajstić information content (AvgIpc) is 3.16. The lowest BCUT2D eigenvalue weighted by Gasteiger charge is -2.28. The van der Waals surface area contributed by atoms with Gasteiger partial charge in [-0.3, -0.25) is 4.90 Å². The van der Waals surface area contributed by atoms with E-state index in [9.17, 15) is 0 Å². The molecule has 0 unspecified atom stereocenters. The topological polar surface area (TPSA) is 50.3 Å². The van der Waals surface area contributed by atoms with Gasteiger partial charge in [-0.1, -0.05) is 12.1 Å². The second-order valence-electron chi connectivity index (χ2n) is 6.66. The van der Waals surface area contributed by atoms with Crippen molar-refractivity contribution in [3.63, 3.8) is 0 Å². The van der Waals surface area contributed by atoms with Gasteiger partial charge in [0.25, 0.3) is 0 Å². The minimum absolute atomic E-state index is 0.352. The van der Waals surface area contributed by atoms with E-state index in [1.54, 1.807) is 7.11 Å². The number of rotatable bonds is 4. The highest BCUT2D eigenvalue weighted by Crippen LogP contribution is 2.24. The summed E-state index contributed by atoms with van der Waals surface area (Å²) >= 11 is 0. The number of hydrogen-bond acceptors (Lipinski definition) is 5. The summed E-state index contributed by atoms with van der Waals surface area (Å²) in [5, 5.41) is 3.48. The number of nitrogens with zero attached hydrogens (tertiary/aromatic N) is 3. The zero-order valence-electron chi connectivity index (χ0n) is 14.2. The van der Waals surface area contributed by atoms with Crippen LogP contribution in [0.5, 0.6) is 5.75 Å². The lowest BCUT2D eigenvalue weighted by atomic mass is 10.1. The smallest absolute Gasteiger partial charge is 0.145 e. The first-order valence-electron chi connectivity index (χ1n) is 8.75. The molecule has 0 radical (unpaired) electrons. The van der Waals surface area contributed by atoms with E-state index in [4.69, 9.17) is 9.72 Å². The third-order valence-corrected chi connectivity index (χ3v) is 4.94. The van der Waals surface area contributed by atoms with Gasteiger partial charge in [0.1, 0.15) is 11.6 Å². The van der Waals surface area contributed by atoms with Crippen molar-refractivity contribution in [3.05, 3.63) is 53.1 Å². The number of fused-ring (bicyclic) bond motifs is 1. The van der Waals surface area contributed by atoms with Crippen LogP contribution in [-0.2, 0) is 19.5 Å². The highest BCUT2D eigenvalue weighted by Gasteiger charge is 2.23. The third-order valence-electron chi connectivity index (χ3n) is 4.94. The van der Waals surface area contributed by atoms with Crippen molar-refractivity contribution >= 4 is 0 Å². The maximum atomic E-state index is 5.32. The van der Waals surface area contributed by atoms with Crippen molar-refractivity contribution < 1.29 is 4.74 Å². The molecule has 126 valence electrons. The number of nitrogens with one attached hydrogen (secondary N) is 1. The Labute approximate surface area is 143 Å². The van der Waals surface area contributed by atoms with Crippen LogP contribution >= 0.6 is 0 Å². The van der Waals surface area contributed by atoms with Gasteiger partial charge in [0.05, 0.1) is 13.2 Å². The zero-order valence-corrected chi connectivity index (χ0v) is 14.2. The van der Waals surface area contributed by atoms with Crippen molar-refractivity contribution in [2.24, 2.45) is 0 Å². The number of aromatic nitrogens is 2. The highest BCUT2D eigenvalue weighted by atomic mass is 16.5. The van der Waals surface area contributed by atoms with Crippen LogP contribution in [0.4, 0.5) is 0 Å². The molecule has 1 atom stereocenters. The molecule has 0 spiro atoms. The molecular formula is C19H24N4O. The Morgan fingerprint density at radius 2 is 2.33 bits per heavy atom. The molecule has 1 saturated heterocycles. The van der Waals surface area contributed by atoms with Gasteiger partial charge in [-0.05, 0) is 37.1 Å². The van der Waals surface area contributed by atoms with Crippen LogP contribution in [0.15, 0.2) is 30.5 Å². The summed E-state index contributed by atoms with van der Waals surface area (Å²) in [6.45, 7) is 3.98. The monoisotopic (exact) mass is 324 g/mol. The fourth-order valence-corrected chi connectivity index (χ4v) is 3.63. The predicted molar refractivity (Wildman–Crippen MR) is 92.8 cm³/mol. The minimum atomic E-state index is 0.352. The molecule has 5 heteroatoms. The van der Waals surface area contributed by atoms with Crippen LogP contribution in [0.3, 0.4) is 0 Å². The van der Waals surface area contributed by atoms with Crippen LogP contribution in [0.1, 0.15) is 41.5 Å². The Morgan fingerprint density at radius 1 is 1.38 bits per heavy atom. The van der Waals surface area contributed by atoms with E-state index in [2.05, 4.69) is 33.4 Å². The number of benzene rings is 1. The summed E-state index contributed by atoms with van der Waals surface area (Å²) in [6.07, 6.45) is 5.41. The van der Waals surface area contributed by atoms with Crippen LogP contribution in [0.25, 0.3) is 0 Å². The van der Waals surface area contributed by atoms with Gasteiger partial charge in [0, 0.05) is 43.5 Å². The molecule has 2 aliphatic rings. The second-order valence-corrected chi connectivity index (χ2v) is 6.66. The molecule has 3 heterocycles. The van der Waals surface area contributed by atoms with Crippen LogP contribution < -0.4 is 10.1 Å². The largest absolute Gasteiger partial charge is 0.497 e. The first-order chi connectivity index (χ1) is 11.8. The molecule has 24 heavy (non-hydrogen) atoms. The predicted octanol–water partition coefficient (Wildman–Crippen LogP) is 2.47. The lowest BCUT2D eigenvalue weighted by molar-refractivity contribution is 0.242. The summed E-state index contributed by atoms with van der Waals surface area (Å²) in [4.78, 5) is 11.9. The Morgan fingerprint density at radius 3 is 3.17 bits per heavy atom. The minimum Gasteiger partial charge on any atom is -0.497 e. The first kappa shape index (κ1) is 15.5. The lowest BCUT2D eigenvalue weighted by Crippen LogP contribution is -2.31. The maximum absolute atomic E-state index is 5.32. The second kappa shape index (κ2) is 6.87. The van der Waals surface area contributed by atoms with Gasteiger partial charge in [-0.2, -0.15) is 0 Å². The fourth-order valence-electron chi connectivity index (χ4n) is 3.63. The number of ether oxygens (including phenoxy) is 1. The molecule has 0 bridgehead atoms. The molecular weight excluding hydrogens is 300 g/mol. The molecule has 0 amide bonds. The fraction of sp³-hybridized carbons (Fsp3) is 0.474. The Balaban J connectivity index is 1.45. The first-order valence-corrected chi connectivity index (χ1v) is 8.75. The Kier molecular flexibility index (Phi) is 4.45. The SMILES string of the molecule is COc1cccc(CN2CCc3nc([C@@H]4CCCN4)ncc3C2)c1. The van der Waals surface area contributed by atoms with E-state index in [1.165, 1.54) is 23.2 Å². The molecule has 5 nitrogen and oxygen atoms in total. The zero-order chi connectivity index (χ0) is 16.4. The molecule has 1 N–H and O–H groups in total. The summed E-state index contributed by atoms with van der Waals surface area (Å²) < 4.78 is 5.32. The van der Waals surface area contributed by atoms with Gasteiger partial charge in [0.15, 0.2) is 0 Å². The van der Waals surface area contributed by atoms with Crippen molar-refractivity contribution in [2.45, 2.75) is 38.4 Å². The summed E-state index contributed by atoms with van der Waals surface area (Å²) in [5.74, 6) is 1.90. The van der Waals surface area contributed by atoms with Crippen LogP contribution in [0, 0.1) is 0 Å². The van der Waals surface area contributed by atoms with E-state index in [0.29, 0.717) is 6.04 Å².